The Bertz CT molecular complexity index is 498. The molecule has 2 rings (SSSR count). The number of carbonyl (C=O) groups excluding carboxylic acids is 1. The second kappa shape index (κ2) is 6.94. The molecule has 0 atom stereocenters. The van der Waals surface area contributed by atoms with Crippen LogP contribution in [0.1, 0.15) is 43.4 Å². The van der Waals surface area contributed by atoms with Crippen molar-refractivity contribution in [3.05, 3.63) is 34.9 Å². The molecule has 21 heavy (non-hydrogen) atoms. The summed E-state index contributed by atoms with van der Waals surface area (Å²) in [5, 5.41) is 14.7. The van der Waals surface area contributed by atoms with E-state index in [9.17, 15) is 4.79 Å². The molecule has 116 valence electrons. The van der Waals surface area contributed by atoms with Crippen molar-refractivity contribution < 1.29 is 9.90 Å². The number of urea groups is 1. The lowest BCUT2D eigenvalue weighted by molar-refractivity contribution is 0.201. The van der Waals surface area contributed by atoms with Crippen LogP contribution in [0.3, 0.4) is 0 Å². The summed E-state index contributed by atoms with van der Waals surface area (Å²) in [6, 6.07) is 6.33. The monoisotopic (exact) mass is 290 g/mol. The van der Waals surface area contributed by atoms with Crippen molar-refractivity contribution in [3.8, 4) is 0 Å². The molecule has 0 heterocycles. The van der Waals surface area contributed by atoms with Crippen LogP contribution in [-0.2, 0) is 19.4 Å². The van der Waals surface area contributed by atoms with Crippen molar-refractivity contribution in [2.75, 3.05) is 13.2 Å². The predicted octanol–water partition coefficient (Wildman–Crippen LogP) is 2.38. The number of carbonyl (C=O) groups is 1. The van der Waals surface area contributed by atoms with E-state index in [0.717, 1.165) is 12.0 Å². The van der Waals surface area contributed by atoms with Crippen LogP contribution in [0, 0.1) is 5.41 Å². The number of aryl methyl sites for hydroxylation is 2. The number of fused-ring (bicyclic) bond motifs is 1. The molecule has 3 N–H and O–H groups in total. The molecule has 0 saturated carbocycles. The van der Waals surface area contributed by atoms with Gasteiger partial charge in [-0.25, -0.2) is 4.79 Å². The lowest BCUT2D eigenvalue weighted by Gasteiger charge is -2.23. The van der Waals surface area contributed by atoms with Crippen molar-refractivity contribution in [2.24, 2.45) is 5.41 Å². The third-order valence-electron chi connectivity index (χ3n) is 4.13. The molecule has 0 unspecified atom stereocenters. The minimum absolute atomic E-state index is 0.0837. The van der Waals surface area contributed by atoms with Crippen molar-refractivity contribution in [2.45, 2.75) is 46.1 Å². The van der Waals surface area contributed by atoms with Gasteiger partial charge in [0.15, 0.2) is 0 Å². The van der Waals surface area contributed by atoms with Crippen molar-refractivity contribution >= 4 is 6.03 Å². The Morgan fingerprint density at radius 3 is 2.76 bits per heavy atom. The summed E-state index contributed by atoms with van der Waals surface area (Å²) in [6.07, 6.45) is 4.26. The first-order valence-corrected chi connectivity index (χ1v) is 7.73. The molecule has 1 aromatic rings. The lowest BCUT2D eigenvalue weighted by Crippen LogP contribution is -2.40. The minimum atomic E-state index is -0.151. The van der Waals surface area contributed by atoms with E-state index >= 15 is 0 Å². The van der Waals surface area contributed by atoms with E-state index in [1.807, 2.05) is 13.8 Å². The molecule has 0 spiro atoms. The second-order valence-corrected chi connectivity index (χ2v) is 6.63. The van der Waals surface area contributed by atoms with Gasteiger partial charge in [-0.1, -0.05) is 32.0 Å². The van der Waals surface area contributed by atoms with Crippen molar-refractivity contribution in [3.63, 3.8) is 0 Å². The second-order valence-electron chi connectivity index (χ2n) is 6.63. The molecule has 4 heteroatoms. The van der Waals surface area contributed by atoms with Crippen LogP contribution in [0.5, 0.6) is 0 Å². The predicted molar refractivity (Wildman–Crippen MR) is 84.2 cm³/mol. The number of benzene rings is 1. The highest BCUT2D eigenvalue weighted by molar-refractivity contribution is 5.73. The average molecular weight is 290 g/mol. The molecule has 1 aliphatic carbocycles. The van der Waals surface area contributed by atoms with Gasteiger partial charge in [-0.05, 0) is 47.8 Å². The molecule has 0 aromatic heterocycles. The zero-order valence-electron chi connectivity index (χ0n) is 13.0. The molecule has 0 saturated heterocycles. The van der Waals surface area contributed by atoms with E-state index < -0.39 is 0 Å². The fraction of sp³-hybridized carbons (Fsp3) is 0.588. The average Bonchev–Trinajstić information content (AvgIpc) is 2.90. The van der Waals surface area contributed by atoms with Crippen LogP contribution >= 0.6 is 0 Å². The third-order valence-corrected chi connectivity index (χ3v) is 4.13. The number of amides is 2. The molecule has 0 bridgehead atoms. The van der Waals surface area contributed by atoms with Crippen LogP contribution in [0.15, 0.2) is 18.2 Å². The topological polar surface area (TPSA) is 61.4 Å². The van der Waals surface area contributed by atoms with Gasteiger partial charge in [0.05, 0.1) is 0 Å². The SMILES string of the molecule is CC(C)(CCO)CNC(=O)NCc1ccc2c(c1)CCC2. The number of aliphatic hydroxyl groups excluding tert-OH is 1. The van der Waals surface area contributed by atoms with Crippen LogP contribution in [-0.4, -0.2) is 24.3 Å². The Morgan fingerprint density at radius 2 is 2.00 bits per heavy atom. The zero-order chi connectivity index (χ0) is 15.3. The van der Waals surface area contributed by atoms with E-state index in [2.05, 4.69) is 28.8 Å². The smallest absolute Gasteiger partial charge is 0.315 e. The van der Waals surface area contributed by atoms with Crippen LogP contribution in [0.4, 0.5) is 4.79 Å². The van der Waals surface area contributed by atoms with Crippen LogP contribution < -0.4 is 10.6 Å². The first-order chi connectivity index (χ1) is 10.00. The number of hydrogen-bond donors (Lipinski definition) is 3. The van der Waals surface area contributed by atoms with Crippen molar-refractivity contribution in [1.82, 2.24) is 10.6 Å². The molecular weight excluding hydrogens is 264 g/mol. The molecular formula is C17H26N2O2. The summed E-state index contributed by atoms with van der Waals surface area (Å²) in [5.74, 6) is 0. The fourth-order valence-corrected chi connectivity index (χ4v) is 2.69. The minimum Gasteiger partial charge on any atom is -0.396 e. The maximum Gasteiger partial charge on any atom is 0.315 e. The molecule has 2 amide bonds. The van der Waals surface area contributed by atoms with E-state index in [1.165, 1.54) is 24.0 Å². The standard InChI is InChI=1S/C17H26N2O2/c1-17(2,8-9-20)12-19-16(21)18-11-13-6-7-14-4-3-5-15(14)10-13/h6-7,10,20H,3-5,8-9,11-12H2,1-2H3,(H2,18,19,21). The Kier molecular flexibility index (Phi) is 5.23. The molecule has 0 fully saturated rings. The maximum absolute atomic E-state index is 11.8. The third kappa shape index (κ3) is 4.74. The fourth-order valence-electron chi connectivity index (χ4n) is 2.69. The Hall–Kier alpha value is -1.55. The summed E-state index contributed by atoms with van der Waals surface area (Å²) in [6.45, 7) is 5.32. The summed E-state index contributed by atoms with van der Waals surface area (Å²) in [7, 11) is 0. The summed E-state index contributed by atoms with van der Waals surface area (Å²) < 4.78 is 0. The van der Waals surface area contributed by atoms with E-state index in [1.54, 1.807) is 0 Å². The van der Waals surface area contributed by atoms with E-state index in [-0.39, 0.29) is 18.1 Å². The summed E-state index contributed by atoms with van der Waals surface area (Å²) >= 11 is 0. The molecule has 4 nitrogen and oxygen atoms in total. The van der Waals surface area contributed by atoms with E-state index in [4.69, 9.17) is 5.11 Å². The number of hydrogen-bond acceptors (Lipinski definition) is 2. The van der Waals surface area contributed by atoms with Gasteiger partial charge in [-0.3, -0.25) is 0 Å². The number of nitrogens with one attached hydrogen (secondary N) is 2. The highest BCUT2D eigenvalue weighted by atomic mass is 16.3. The van der Waals surface area contributed by atoms with Gasteiger partial charge < -0.3 is 15.7 Å². The van der Waals surface area contributed by atoms with Gasteiger partial charge in [-0.15, -0.1) is 0 Å². The molecule has 1 aromatic carbocycles. The number of rotatable bonds is 6. The van der Waals surface area contributed by atoms with Gasteiger partial charge in [0.25, 0.3) is 0 Å². The van der Waals surface area contributed by atoms with Gasteiger partial charge >= 0.3 is 6.03 Å². The Morgan fingerprint density at radius 1 is 1.24 bits per heavy atom. The zero-order valence-corrected chi connectivity index (χ0v) is 13.0. The lowest BCUT2D eigenvalue weighted by atomic mass is 9.90. The molecule has 0 radical (unpaired) electrons. The highest BCUT2D eigenvalue weighted by Crippen LogP contribution is 2.22. The van der Waals surface area contributed by atoms with Gasteiger partial charge in [-0.2, -0.15) is 0 Å². The van der Waals surface area contributed by atoms with Crippen LogP contribution in [0.25, 0.3) is 0 Å². The Balaban J connectivity index is 1.76. The maximum atomic E-state index is 11.8. The first-order valence-electron chi connectivity index (χ1n) is 7.73. The quantitative estimate of drug-likeness (QED) is 0.753. The number of aliphatic hydroxyl groups is 1. The molecule has 1 aliphatic rings. The largest absolute Gasteiger partial charge is 0.396 e. The van der Waals surface area contributed by atoms with Gasteiger partial charge in [0.2, 0.25) is 0 Å². The van der Waals surface area contributed by atoms with Gasteiger partial charge in [0.1, 0.15) is 0 Å². The highest BCUT2D eigenvalue weighted by Gasteiger charge is 2.18. The summed E-state index contributed by atoms with van der Waals surface area (Å²) in [5.41, 5.74) is 3.95. The Labute approximate surface area is 126 Å². The first kappa shape index (κ1) is 15.8. The van der Waals surface area contributed by atoms with E-state index in [0.29, 0.717) is 19.5 Å². The van der Waals surface area contributed by atoms with Crippen LogP contribution in [0.2, 0.25) is 0 Å². The van der Waals surface area contributed by atoms with Crippen molar-refractivity contribution in [1.29, 1.82) is 0 Å². The molecule has 0 aliphatic heterocycles. The van der Waals surface area contributed by atoms with Gasteiger partial charge in [0, 0.05) is 19.7 Å². The normalized spacial score (nSPS) is 13.9. The summed E-state index contributed by atoms with van der Waals surface area (Å²) in [4.78, 5) is 11.8.